The van der Waals surface area contributed by atoms with Crippen molar-refractivity contribution in [2.45, 2.75) is 0 Å². The average molecular weight is 332 g/mol. The molecule has 110 valence electrons. The third kappa shape index (κ3) is 2.84. The number of ether oxygens (including phenoxy) is 1. The van der Waals surface area contributed by atoms with Gasteiger partial charge in [0.25, 0.3) is 0 Å². The lowest BCUT2D eigenvalue weighted by Crippen LogP contribution is -2.08. The molecule has 0 spiro atoms. The number of carbonyl (C=O) groups is 1. The molecule has 0 bridgehead atoms. The molecule has 0 saturated heterocycles. The van der Waals surface area contributed by atoms with Crippen molar-refractivity contribution in [2.75, 3.05) is 12.8 Å². The minimum absolute atomic E-state index is 0.0548. The number of halogens is 3. The van der Waals surface area contributed by atoms with E-state index in [1.54, 1.807) is 0 Å². The van der Waals surface area contributed by atoms with Gasteiger partial charge in [0.2, 0.25) is 0 Å². The Hall–Kier alpha value is -2.12. The summed E-state index contributed by atoms with van der Waals surface area (Å²) in [5, 5.41) is 8.75. The summed E-state index contributed by atoms with van der Waals surface area (Å²) < 4.78 is 18.9. The van der Waals surface area contributed by atoms with E-state index in [0.29, 0.717) is 0 Å². The number of hydrogen-bond acceptors (Lipinski definition) is 5. The fourth-order valence-electron chi connectivity index (χ4n) is 1.58. The minimum Gasteiger partial charge on any atom is -0.495 e. The Morgan fingerprint density at radius 2 is 2.05 bits per heavy atom. The number of aromatic carboxylic acids is 1. The summed E-state index contributed by atoms with van der Waals surface area (Å²) in [6.07, 6.45) is 0. The van der Waals surface area contributed by atoms with E-state index in [9.17, 15) is 9.18 Å². The summed E-state index contributed by atoms with van der Waals surface area (Å²) in [6, 6.07) is 2.25. The predicted molar refractivity (Wildman–Crippen MR) is 75.4 cm³/mol. The van der Waals surface area contributed by atoms with Crippen molar-refractivity contribution in [3.63, 3.8) is 0 Å². The Labute approximate surface area is 128 Å². The number of aromatic nitrogens is 2. The van der Waals surface area contributed by atoms with Crippen LogP contribution >= 0.6 is 23.2 Å². The first-order valence-electron chi connectivity index (χ1n) is 5.44. The van der Waals surface area contributed by atoms with E-state index in [0.717, 1.165) is 6.07 Å². The van der Waals surface area contributed by atoms with E-state index in [2.05, 4.69) is 9.97 Å². The summed E-state index contributed by atoms with van der Waals surface area (Å²) in [6.45, 7) is 0. The van der Waals surface area contributed by atoms with Gasteiger partial charge in [-0.15, -0.1) is 0 Å². The maximum atomic E-state index is 14.0. The number of hydrogen-bond donors (Lipinski definition) is 2. The van der Waals surface area contributed by atoms with Crippen molar-refractivity contribution in [2.24, 2.45) is 0 Å². The summed E-state index contributed by atoms with van der Waals surface area (Å²) in [7, 11) is 1.35. The molecule has 6 nitrogen and oxygen atoms in total. The number of anilines is 1. The van der Waals surface area contributed by atoms with E-state index < -0.39 is 17.5 Å². The van der Waals surface area contributed by atoms with E-state index in [1.807, 2.05) is 0 Å². The van der Waals surface area contributed by atoms with Gasteiger partial charge in [0, 0.05) is 0 Å². The van der Waals surface area contributed by atoms with Crippen molar-refractivity contribution in [1.82, 2.24) is 9.97 Å². The lowest BCUT2D eigenvalue weighted by atomic mass is 10.1. The van der Waals surface area contributed by atoms with Crippen LogP contribution in [0.5, 0.6) is 5.75 Å². The Kier molecular flexibility index (Phi) is 4.15. The van der Waals surface area contributed by atoms with Crippen LogP contribution in [0.15, 0.2) is 12.1 Å². The topological polar surface area (TPSA) is 98.3 Å². The van der Waals surface area contributed by atoms with E-state index in [-0.39, 0.29) is 33.0 Å². The number of nitrogen functional groups attached to an aromatic ring is 1. The molecule has 0 atom stereocenters. The van der Waals surface area contributed by atoms with E-state index in [1.165, 1.54) is 13.2 Å². The summed E-state index contributed by atoms with van der Waals surface area (Å²) in [5.74, 6) is -2.48. The molecule has 0 aliphatic carbocycles. The van der Waals surface area contributed by atoms with Gasteiger partial charge in [0.1, 0.15) is 22.4 Å². The number of carboxylic acid groups (broad SMARTS) is 1. The quantitative estimate of drug-likeness (QED) is 0.897. The van der Waals surface area contributed by atoms with Crippen molar-refractivity contribution < 1.29 is 19.0 Å². The smallest absolute Gasteiger partial charge is 0.356 e. The highest BCUT2D eigenvalue weighted by molar-refractivity contribution is 6.35. The zero-order chi connectivity index (χ0) is 15.7. The molecular formula is C12H8Cl2FN3O3. The number of carboxylic acids is 1. The van der Waals surface area contributed by atoms with Crippen LogP contribution in [-0.2, 0) is 0 Å². The summed E-state index contributed by atoms with van der Waals surface area (Å²) in [5.41, 5.74) is 4.89. The van der Waals surface area contributed by atoms with Gasteiger partial charge in [-0.3, -0.25) is 0 Å². The van der Waals surface area contributed by atoms with Gasteiger partial charge in [-0.25, -0.2) is 19.2 Å². The first-order valence-corrected chi connectivity index (χ1v) is 6.20. The molecule has 3 N–H and O–H groups in total. The summed E-state index contributed by atoms with van der Waals surface area (Å²) >= 11 is 11.5. The van der Waals surface area contributed by atoms with Crippen molar-refractivity contribution in [3.8, 4) is 17.1 Å². The molecule has 2 aromatic rings. The molecule has 21 heavy (non-hydrogen) atoms. The Morgan fingerprint density at radius 3 is 2.62 bits per heavy atom. The molecule has 0 aliphatic rings. The first kappa shape index (κ1) is 15.3. The monoisotopic (exact) mass is 331 g/mol. The molecule has 0 fully saturated rings. The van der Waals surface area contributed by atoms with Gasteiger partial charge in [-0.1, -0.05) is 23.2 Å². The number of benzene rings is 1. The number of nitrogens with zero attached hydrogens (tertiary/aromatic N) is 2. The summed E-state index contributed by atoms with van der Waals surface area (Å²) in [4.78, 5) is 18.5. The second kappa shape index (κ2) is 5.71. The van der Waals surface area contributed by atoms with Gasteiger partial charge in [0.15, 0.2) is 11.5 Å². The Balaban J connectivity index is 2.70. The highest BCUT2D eigenvalue weighted by Crippen LogP contribution is 2.33. The largest absolute Gasteiger partial charge is 0.495 e. The SMILES string of the molecule is COc1cc(-c2nc(N)c(Cl)c(C(=O)O)n2)c(F)cc1Cl. The lowest BCUT2D eigenvalue weighted by molar-refractivity contribution is 0.0690. The van der Waals surface area contributed by atoms with Gasteiger partial charge in [-0.2, -0.15) is 0 Å². The van der Waals surface area contributed by atoms with Crippen LogP contribution in [0.4, 0.5) is 10.2 Å². The fourth-order valence-corrected chi connectivity index (χ4v) is 1.98. The van der Waals surface area contributed by atoms with Crippen LogP contribution in [0.1, 0.15) is 10.5 Å². The number of methoxy groups -OCH3 is 1. The highest BCUT2D eigenvalue weighted by atomic mass is 35.5. The molecule has 2 rings (SSSR count). The standard InChI is InChI=1S/C12H8Cl2FN3O3/c1-21-7-2-4(6(15)3-5(7)13)11-17-9(12(19)20)8(14)10(16)18-11/h2-3H,1H3,(H,19,20)(H2,16,17,18). The van der Waals surface area contributed by atoms with Gasteiger partial charge in [-0.05, 0) is 12.1 Å². The Morgan fingerprint density at radius 1 is 1.38 bits per heavy atom. The second-order valence-electron chi connectivity index (χ2n) is 3.87. The third-order valence-electron chi connectivity index (χ3n) is 2.56. The maximum Gasteiger partial charge on any atom is 0.356 e. The molecule has 1 aromatic heterocycles. The van der Waals surface area contributed by atoms with Crippen LogP contribution in [-0.4, -0.2) is 28.2 Å². The van der Waals surface area contributed by atoms with Crippen LogP contribution in [0.25, 0.3) is 11.4 Å². The van der Waals surface area contributed by atoms with Crippen molar-refractivity contribution in [1.29, 1.82) is 0 Å². The van der Waals surface area contributed by atoms with Crippen LogP contribution in [0.3, 0.4) is 0 Å². The molecular weight excluding hydrogens is 324 g/mol. The number of rotatable bonds is 3. The zero-order valence-corrected chi connectivity index (χ0v) is 12.0. The van der Waals surface area contributed by atoms with Crippen LogP contribution < -0.4 is 10.5 Å². The predicted octanol–water partition coefficient (Wildman–Crippen LogP) is 2.88. The van der Waals surface area contributed by atoms with Crippen molar-refractivity contribution in [3.05, 3.63) is 33.7 Å². The van der Waals surface area contributed by atoms with E-state index in [4.69, 9.17) is 38.8 Å². The molecule has 0 saturated carbocycles. The van der Waals surface area contributed by atoms with Gasteiger partial charge >= 0.3 is 5.97 Å². The van der Waals surface area contributed by atoms with Crippen molar-refractivity contribution >= 4 is 35.0 Å². The van der Waals surface area contributed by atoms with E-state index >= 15 is 0 Å². The zero-order valence-electron chi connectivity index (χ0n) is 10.5. The molecule has 9 heteroatoms. The average Bonchev–Trinajstić information content (AvgIpc) is 2.41. The van der Waals surface area contributed by atoms with Gasteiger partial charge in [0.05, 0.1) is 17.7 Å². The third-order valence-corrected chi connectivity index (χ3v) is 3.23. The van der Waals surface area contributed by atoms with Crippen LogP contribution in [0.2, 0.25) is 10.0 Å². The number of nitrogens with two attached hydrogens (primary N) is 1. The molecule has 0 radical (unpaired) electrons. The molecule has 0 aliphatic heterocycles. The maximum absolute atomic E-state index is 14.0. The molecule has 0 unspecified atom stereocenters. The molecule has 0 amide bonds. The van der Waals surface area contributed by atoms with Crippen LogP contribution in [0, 0.1) is 5.82 Å². The fraction of sp³-hybridized carbons (Fsp3) is 0.0833. The van der Waals surface area contributed by atoms with Gasteiger partial charge < -0.3 is 15.6 Å². The highest BCUT2D eigenvalue weighted by Gasteiger charge is 2.20. The Bertz CT molecular complexity index is 740. The normalized spacial score (nSPS) is 10.5. The molecule has 1 heterocycles. The molecule has 1 aromatic carbocycles. The second-order valence-corrected chi connectivity index (χ2v) is 4.65. The first-order chi connectivity index (χ1) is 9.85. The lowest BCUT2D eigenvalue weighted by Gasteiger charge is -2.09. The minimum atomic E-state index is -1.41.